The highest BCUT2D eigenvalue weighted by Gasteiger charge is 2.13. The minimum Gasteiger partial charge on any atom is -0.497 e. The summed E-state index contributed by atoms with van der Waals surface area (Å²) in [4.78, 5) is 5.45. The molecule has 1 unspecified atom stereocenters. The predicted octanol–water partition coefficient (Wildman–Crippen LogP) is 2.85. The van der Waals surface area contributed by atoms with Crippen LogP contribution in [0.15, 0.2) is 24.4 Å². The molecular formula is C13H16N2O2S. The van der Waals surface area contributed by atoms with E-state index >= 15 is 0 Å². The van der Waals surface area contributed by atoms with Gasteiger partial charge in [-0.1, -0.05) is 0 Å². The van der Waals surface area contributed by atoms with Gasteiger partial charge in [0, 0.05) is 17.1 Å². The number of nitrogens with two attached hydrogens (primary N) is 1. The van der Waals surface area contributed by atoms with Crippen molar-refractivity contribution in [3.8, 4) is 22.1 Å². The van der Waals surface area contributed by atoms with Gasteiger partial charge in [0.15, 0.2) is 0 Å². The zero-order valence-electron chi connectivity index (χ0n) is 10.6. The van der Waals surface area contributed by atoms with Crippen molar-refractivity contribution in [3.05, 3.63) is 29.3 Å². The predicted molar refractivity (Wildman–Crippen MR) is 73.3 cm³/mol. The number of ether oxygens (including phenoxy) is 2. The first-order chi connectivity index (χ1) is 8.65. The van der Waals surface area contributed by atoms with Crippen molar-refractivity contribution in [3.63, 3.8) is 0 Å². The summed E-state index contributed by atoms with van der Waals surface area (Å²) >= 11 is 1.57. The number of rotatable bonds is 4. The smallest absolute Gasteiger partial charge is 0.129 e. The second kappa shape index (κ2) is 5.37. The summed E-state index contributed by atoms with van der Waals surface area (Å²) in [7, 11) is 3.28. The maximum absolute atomic E-state index is 5.85. The molecule has 1 heterocycles. The molecule has 96 valence electrons. The molecule has 1 aromatic heterocycles. The second-order valence-corrected chi connectivity index (χ2v) is 4.98. The van der Waals surface area contributed by atoms with E-state index in [9.17, 15) is 0 Å². The van der Waals surface area contributed by atoms with E-state index in [4.69, 9.17) is 15.2 Å². The minimum absolute atomic E-state index is 0.00662. The van der Waals surface area contributed by atoms with Gasteiger partial charge in [-0.2, -0.15) is 0 Å². The molecule has 0 aliphatic heterocycles. The van der Waals surface area contributed by atoms with E-state index in [2.05, 4.69) is 4.98 Å². The van der Waals surface area contributed by atoms with Gasteiger partial charge >= 0.3 is 0 Å². The van der Waals surface area contributed by atoms with E-state index in [1.54, 1.807) is 25.6 Å². The molecule has 0 saturated carbocycles. The largest absolute Gasteiger partial charge is 0.497 e. The Morgan fingerprint density at radius 1 is 1.28 bits per heavy atom. The molecule has 18 heavy (non-hydrogen) atoms. The van der Waals surface area contributed by atoms with E-state index in [1.165, 1.54) is 0 Å². The molecule has 1 atom stereocenters. The van der Waals surface area contributed by atoms with Crippen LogP contribution >= 0.6 is 11.3 Å². The highest BCUT2D eigenvalue weighted by atomic mass is 32.1. The number of benzene rings is 1. The fraction of sp³-hybridized carbons (Fsp3) is 0.308. The van der Waals surface area contributed by atoms with Gasteiger partial charge in [0.05, 0.1) is 19.8 Å². The zero-order valence-corrected chi connectivity index (χ0v) is 11.5. The van der Waals surface area contributed by atoms with Crippen LogP contribution in [-0.2, 0) is 0 Å². The van der Waals surface area contributed by atoms with E-state index in [-0.39, 0.29) is 6.04 Å². The topological polar surface area (TPSA) is 57.4 Å². The summed E-state index contributed by atoms with van der Waals surface area (Å²) in [6.07, 6.45) is 1.81. The van der Waals surface area contributed by atoms with Crippen LogP contribution < -0.4 is 15.2 Å². The Labute approximate surface area is 110 Å². The van der Waals surface area contributed by atoms with Crippen molar-refractivity contribution in [2.75, 3.05) is 14.2 Å². The van der Waals surface area contributed by atoms with Gasteiger partial charge in [-0.05, 0) is 25.1 Å². The second-order valence-electron chi connectivity index (χ2n) is 3.92. The van der Waals surface area contributed by atoms with Crippen LogP contribution in [0.4, 0.5) is 0 Å². The quantitative estimate of drug-likeness (QED) is 0.922. The Bertz CT molecular complexity index is 538. The van der Waals surface area contributed by atoms with Gasteiger partial charge in [-0.15, -0.1) is 11.3 Å². The highest BCUT2D eigenvalue weighted by Crippen LogP contribution is 2.36. The van der Waals surface area contributed by atoms with Crippen molar-refractivity contribution in [1.29, 1.82) is 0 Å². The molecule has 0 fully saturated rings. The molecule has 1 aromatic carbocycles. The van der Waals surface area contributed by atoms with E-state index in [0.717, 1.165) is 26.9 Å². The van der Waals surface area contributed by atoms with E-state index in [0.29, 0.717) is 0 Å². The van der Waals surface area contributed by atoms with E-state index < -0.39 is 0 Å². The highest BCUT2D eigenvalue weighted by molar-refractivity contribution is 7.15. The van der Waals surface area contributed by atoms with Gasteiger partial charge < -0.3 is 15.2 Å². The Morgan fingerprint density at radius 3 is 2.61 bits per heavy atom. The third-order valence-corrected chi connectivity index (χ3v) is 3.84. The Balaban J connectivity index is 2.46. The maximum Gasteiger partial charge on any atom is 0.129 e. The van der Waals surface area contributed by atoms with Crippen LogP contribution in [0, 0.1) is 0 Å². The lowest BCUT2D eigenvalue weighted by Gasteiger charge is -2.08. The first kappa shape index (κ1) is 12.9. The average Bonchev–Trinajstić information content (AvgIpc) is 2.87. The van der Waals surface area contributed by atoms with Crippen LogP contribution in [0.25, 0.3) is 10.6 Å². The molecule has 0 aliphatic carbocycles. The average molecular weight is 264 g/mol. The maximum atomic E-state index is 5.85. The van der Waals surface area contributed by atoms with Crippen molar-refractivity contribution in [2.24, 2.45) is 5.73 Å². The fourth-order valence-electron chi connectivity index (χ4n) is 1.60. The number of aromatic nitrogens is 1. The summed E-state index contributed by atoms with van der Waals surface area (Å²) in [5.74, 6) is 1.56. The first-order valence-corrected chi connectivity index (χ1v) is 6.41. The Kier molecular flexibility index (Phi) is 3.84. The molecule has 0 spiro atoms. The monoisotopic (exact) mass is 264 g/mol. The minimum atomic E-state index is -0.00662. The Hall–Kier alpha value is -1.59. The van der Waals surface area contributed by atoms with Crippen molar-refractivity contribution in [1.82, 2.24) is 4.98 Å². The van der Waals surface area contributed by atoms with Gasteiger partial charge in [0.2, 0.25) is 0 Å². The summed E-state index contributed by atoms with van der Waals surface area (Å²) in [6, 6.07) is 5.65. The van der Waals surface area contributed by atoms with Gasteiger partial charge in [0.25, 0.3) is 0 Å². The van der Waals surface area contributed by atoms with Crippen LogP contribution in [-0.4, -0.2) is 19.2 Å². The molecule has 5 heteroatoms. The third kappa shape index (κ3) is 2.47. The van der Waals surface area contributed by atoms with Crippen molar-refractivity contribution in [2.45, 2.75) is 13.0 Å². The number of hydrogen-bond acceptors (Lipinski definition) is 5. The number of methoxy groups -OCH3 is 2. The van der Waals surface area contributed by atoms with Gasteiger partial charge in [-0.25, -0.2) is 4.98 Å². The summed E-state index contributed by atoms with van der Waals surface area (Å²) in [6.45, 7) is 1.94. The van der Waals surface area contributed by atoms with Gasteiger partial charge in [0.1, 0.15) is 16.5 Å². The number of nitrogens with zero attached hydrogens (tertiary/aromatic N) is 1. The molecule has 2 rings (SSSR count). The van der Waals surface area contributed by atoms with Crippen LogP contribution in [0.1, 0.15) is 17.8 Å². The molecule has 0 saturated heterocycles. The molecule has 2 N–H and O–H groups in total. The molecule has 0 amide bonds. The van der Waals surface area contributed by atoms with Crippen LogP contribution in [0.2, 0.25) is 0 Å². The molecule has 4 nitrogen and oxygen atoms in total. The SMILES string of the molecule is COc1ccc(OC)c(-c2ncc(C(C)N)s2)c1. The lowest BCUT2D eigenvalue weighted by Crippen LogP contribution is -2.01. The molecule has 0 bridgehead atoms. The number of hydrogen-bond donors (Lipinski definition) is 1. The first-order valence-electron chi connectivity index (χ1n) is 5.59. The zero-order chi connectivity index (χ0) is 13.1. The number of thiazole rings is 1. The molecular weight excluding hydrogens is 248 g/mol. The van der Waals surface area contributed by atoms with Crippen LogP contribution in [0.5, 0.6) is 11.5 Å². The Morgan fingerprint density at radius 2 is 2.06 bits per heavy atom. The van der Waals surface area contributed by atoms with Crippen molar-refractivity contribution >= 4 is 11.3 Å². The lowest BCUT2D eigenvalue weighted by atomic mass is 10.2. The molecule has 0 aliphatic rings. The molecule has 2 aromatic rings. The van der Waals surface area contributed by atoms with Crippen LogP contribution in [0.3, 0.4) is 0 Å². The lowest BCUT2D eigenvalue weighted by molar-refractivity contribution is 0.404. The normalized spacial score (nSPS) is 12.2. The summed E-state index contributed by atoms with van der Waals surface area (Å²) in [5.41, 5.74) is 6.77. The standard InChI is InChI=1S/C13H16N2O2S/c1-8(14)12-7-15-13(18-12)10-6-9(16-2)4-5-11(10)17-3/h4-8H,14H2,1-3H3. The molecule has 0 radical (unpaired) electrons. The van der Waals surface area contributed by atoms with Gasteiger partial charge in [-0.3, -0.25) is 0 Å². The van der Waals surface area contributed by atoms with E-state index in [1.807, 2.05) is 31.3 Å². The summed E-state index contributed by atoms with van der Waals surface area (Å²) in [5, 5.41) is 0.887. The van der Waals surface area contributed by atoms with Crippen molar-refractivity contribution < 1.29 is 9.47 Å². The summed E-state index contributed by atoms with van der Waals surface area (Å²) < 4.78 is 10.6. The third-order valence-electron chi connectivity index (χ3n) is 2.61. The fourth-order valence-corrected chi connectivity index (χ4v) is 2.49.